The maximum absolute atomic E-state index is 5.99. The van der Waals surface area contributed by atoms with Gasteiger partial charge in [-0.05, 0) is 19.4 Å². The minimum Gasteiger partial charge on any atom is -0.375 e. The van der Waals surface area contributed by atoms with Gasteiger partial charge >= 0.3 is 0 Å². The Morgan fingerprint density at radius 2 is 2.47 bits per heavy atom. The molecule has 1 aromatic heterocycles. The molecule has 4 nitrogen and oxygen atoms in total. The minimum absolute atomic E-state index is 0.0154. The molecule has 1 aliphatic rings. The Hall–Kier alpha value is -1.13. The number of nitrogens with zero attached hydrogens (tertiary/aromatic N) is 2. The van der Waals surface area contributed by atoms with Crippen LogP contribution in [0.15, 0.2) is 18.3 Å². The predicted molar refractivity (Wildman–Crippen MR) is 69.1 cm³/mol. The number of ether oxygens (including phenoxy) is 1. The first-order valence-electron chi connectivity index (χ1n) is 6.29. The molecular formula is C13H21N3O. The predicted octanol–water partition coefficient (Wildman–Crippen LogP) is 1.72. The number of morpholine rings is 1. The van der Waals surface area contributed by atoms with E-state index in [-0.39, 0.29) is 6.04 Å². The fourth-order valence-corrected chi connectivity index (χ4v) is 2.19. The number of anilines is 1. The molecular weight excluding hydrogens is 214 g/mol. The van der Waals surface area contributed by atoms with E-state index in [1.165, 1.54) is 0 Å². The summed E-state index contributed by atoms with van der Waals surface area (Å²) >= 11 is 0. The average Bonchev–Trinajstić information content (AvgIpc) is 2.39. The van der Waals surface area contributed by atoms with Crippen molar-refractivity contribution < 1.29 is 4.74 Å². The zero-order chi connectivity index (χ0) is 12.3. The van der Waals surface area contributed by atoms with Crippen molar-refractivity contribution in [3.05, 3.63) is 23.9 Å². The van der Waals surface area contributed by atoms with Gasteiger partial charge in [0.2, 0.25) is 0 Å². The Labute approximate surface area is 103 Å². The highest BCUT2D eigenvalue weighted by atomic mass is 16.5. The average molecular weight is 235 g/mol. The summed E-state index contributed by atoms with van der Waals surface area (Å²) in [5.41, 5.74) is 7.11. The van der Waals surface area contributed by atoms with Gasteiger partial charge in [-0.1, -0.05) is 13.0 Å². The van der Waals surface area contributed by atoms with Gasteiger partial charge in [-0.15, -0.1) is 0 Å². The summed E-state index contributed by atoms with van der Waals surface area (Å²) < 4.78 is 5.68. The largest absolute Gasteiger partial charge is 0.375 e. The molecule has 1 saturated heterocycles. The van der Waals surface area contributed by atoms with Gasteiger partial charge in [0.25, 0.3) is 0 Å². The van der Waals surface area contributed by atoms with Crippen LogP contribution < -0.4 is 10.6 Å². The smallest absolute Gasteiger partial charge is 0.133 e. The summed E-state index contributed by atoms with van der Waals surface area (Å²) in [5.74, 6) is 1.02. The van der Waals surface area contributed by atoms with E-state index in [4.69, 9.17) is 10.5 Å². The quantitative estimate of drug-likeness (QED) is 0.866. The molecule has 2 N–H and O–H groups in total. The van der Waals surface area contributed by atoms with E-state index in [0.29, 0.717) is 6.10 Å². The standard InChI is InChI=1S/C13H21N3O/c1-3-11-9-16(7-8-17-11)13-12(10(2)14)5-4-6-15-13/h4-6,10-11H,3,7-9,14H2,1-2H3/t10-,11?/m1/s1. The molecule has 0 aliphatic carbocycles. The number of rotatable bonds is 3. The first-order chi connectivity index (χ1) is 8.22. The third-order valence-electron chi connectivity index (χ3n) is 3.20. The van der Waals surface area contributed by atoms with Crippen LogP contribution in [0.1, 0.15) is 31.9 Å². The van der Waals surface area contributed by atoms with Crippen molar-refractivity contribution in [3.8, 4) is 0 Å². The summed E-state index contributed by atoms with van der Waals surface area (Å²) in [4.78, 5) is 6.77. The zero-order valence-electron chi connectivity index (χ0n) is 10.6. The number of hydrogen-bond acceptors (Lipinski definition) is 4. The molecule has 4 heteroatoms. The molecule has 1 aromatic rings. The fraction of sp³-hybridized carbons (Fsp3) is 0.615. The lowest BCUT2D eigenvalue weighted by Gasteiger charge is -2.34. The third kappa shape index (κ3) is 2.76. The lowest BCUT2D eigenvalue weighted by Crippen LogP contribution is -2.43. The highest BCUT2D eigenvalue weighted by Crippen LogP contribution is 2.24. The van der Waals surface area contributed by atoms with Gasteiger partial charge in [-0.2, -0.15) is 0 Å². The van der Waals surface area contributed by atoms with Gasteiger partial charge in [0.15, 0.2) is 0 Å². The number of pyridine rings is 1. The van der Waals surface area contributed by atoms with E-state index in [9.17, 15) is 0 Å². The van der Waals surface area contributed by atoms with Crippen LogP contribution in [0.2, 0.25) is 0 Å². The van der Waals surface area contributed by atoms with Crippen molar-refractivity contribution in [2.24, 2.45) is 5.73 Å². The number of aromatic nitrogens is 1. The Balaban J connectivity index is 2.21. The normalized spacial score (nSPS) is 22.5. The molecule has 0 radical (unpaired) electrons. The van der Waals surface area contributed by atoms with E-state index in [1.54, 1.807) is 0 Å². The first-order valence-corrected chi connectivity index (χ1v) is 6.29. The van der Waals surface area contributed by atoms with Crippen LogP contribution in [0.25, 0.3) is 0 Å². The topological polar surface area (TPSA) is 51.4 Å². The molecule has 1 fully saturated rings. The van der Waals surface area contributed by atoms with Gasteiger partial charge in [0, 0.05) is 30.9 Å². The Bertz CT molecular complexity index is 367. The zero-order valence-corrected chi connectivity index (χ0v) is 10.6. The van der Waals surface area contributed by atoms with E-state index in [1.807, 2.05) is 19.2 Å². The number of nitrogens with two attached hydrogens (primary N) is 1. The molecule has 1 aliphatic heterocycles. The van der Waals surface area contributed by atoms with Crippen LogP contribution in [0.3, 0.4) is 0 Å². The van der Waals surface area contributed by atoms with Crippen LogP contribution in [0, 0.1) is 0 Å². The van der Waals surface area contributed by atoms with E-state index in [0.717, 1.165) is 37.5 Å². The SMILES string of the molecule is CCC1CN(c2ncccc2[C@@H](C)N)CCO1. The summed E-state index contributed by atoms with van der Waals surface area (Å²) in [5, 5.41) is 0. The van der Waals surface area contributed by atoms with Crippen molar-refractivity contribution in [2.75, 3.05) is 24.6 Å². The molecule has 0 spiro atoms. The molecule has 2 heterocycles. The van der Waals surface area contributed by atoms with Gasteiger partial charge in [0.1, 0.15) is 5.82 Å². The molecule has 94 valence electrons. The summed E-state index contributed by atoms with van der Waals surface area (Å²) in [6.45, 7) is 6.73. The summed E-state index contributed by atoms with van der Waals surface area (Å²) in [6.07, 6.45) is 3.18. The summed E-state index contributed by atoms with van der Waals surface area (Å²) in [6, 6.07) is 4.02. The molecule has 17 heavy (non-hydrogen) atoms. The third-order valence-corrected chi connectivity index (χ3v) is 3.20. The van der Waals surface area contributed by atoms with Gasteiger partial charge < -0.3 is 15.4 Å². The molecule has 0 bridgehead atoms. The monoisotopic (exact) mass is 235 g/mol. The van der Waals surface area contributed by atoms with Crippen molar-refractivity contribution in [1.82, 2.24) is 4.98 Å². The van der Waals surface area contributed by atoms with Crippen LogP contribution in [0.4, 0.5) is 5.82 Å². The molecule has 0 aromatic carbocycles. The van der Waals surface area contributed by atoms with E-state index >= 15 is 0 Å². The maximum atomic E-state index is 5.99. The second-order valence-electron chi connectivity index (χ2n) is 4.55. The minimum atomic E-state index is 0.0154. The highest BCUT2D eigenvalue weighted by molar-refractivity contribution is 5.48. The maximum Gasteiger partial charge on any atom is 0.133 e. The summed E-state index contributed by atoms with van der Waals surface area (Å²) in [7, 11) is 0. The van der Waals surface area contributed by atoms with E-state index in [2.05, 4.69) is 22.9 Å². The Morgan fingerprint density at radius 3 is 3.18 bits per heavy atom. The molecule has 2 atom stereocenters. The van der Waals surface area contributed by atoms with Crippen molar-refractivity contribution in [3.63, 3.8) is 0 Å². The highest BCUT2D eigenvalue weighted by Gasteiger charge is 2.22. The van der Waals surface area contributed by atoms with Crippen LogP contribution in [-0.4, -0.2) is 30.8 Å². The molecule has 2 rings (SSSR count). The van der Waals surface area contributed by atoms with E-state index < -0.39 is 0 Å². The second-order valence-corrected chi connectivity index (χ2v) is 4.55. The molecule has 0 saturated carbocycles. The Morgan fingerprint density at radius 1 is 1.65 bits per heavy atom. The Kier molecular flexibility index (Phi) is 3.97. The lowest BCUT2D eigenvalue weighted by atomic mass is 10.1. The van der Waals surface area contributed by atoms with Gasteiger partial charge in [0.05, 0.1) is 12.7 Å². The van der Waals surface area contributed by atoms with Crippen LogP contribution in [-0.2, 0) is 4.74 Å². The van der Waals surface area contributed by atoms with Crippen LogP contribution in [0.5, 0.6) is 0 Å². The molecule has 1 unspecified atom stereocenters. The molecule has 0 amide bonds. The van der Waals surface area contributed by atoms with Gasteiger partial charge in [-0.25, -0.2) is 4.98 Å². The van der Waals surface area contributed by atoms with Crippen molar-refractivity contribution >= 4 is 5.82 Å². The lowest BCUT2D eigenvalue weighted by molar-refractivity contribution is 0.0381. The second kappa shape index (κ2) is 5.47. The van der Waals surface area contributed by atoms with Gasteiger partial charge in [-0.3, -0.25) is 0 Å². The first kappa shape index (κ1) is 12.3. The van der Waals surface area contributed by atoms with Crippen LogP contribution >= 0.6 is 0 Å². The van der Waals surface area contributed by atoms with Crippen molar-refractivity contribution in [2.45, 2.75) is 32.4 Å². The fourth-order valence-electron chi connectivity index (χ4n) is 2.19. The van der Waals surface area contributed by atoms with Crippen molar-refractivity contribution in [1.29, 1.82) is 0 Å². The number of hydrogen-bond donors (Lipinski definition) is 1.